The van der Waals surface area contributed by atoms with Gasteiger partial charge in [-0.15, -0.1) is 0 Å². The van der Waals surface area contributed by atoms with E-state index in [-0.39, 0.29) is 0 Å². The van der Waals surface area contributed by atoms with Gasteiger partial charge in [0, 0.05) is 24.2 Å². The zero-order valence-corrected chi connectivity index (χ0v) is 9.42. The SMILES string of the molecule is CC(C)N1CC[C@@H](NC23CC(C2)C3)C1. The molecular formula is C12H22N2. The molecule has 2 bridgehead atoms. The molecule has 80 valence electrons. The molecule has 0 unspecified atom stereocenters. The van der Waals surface area contributed by atoms with E-state index in [1.54, 1.807) is 0 Å². The standard InChI is InChI=1S/C12H22N2/c1-9(2)14-4-3-11(8-14)13-12-5-10(6-12)7-12/h9-11,13H,3-8H2,1-2H3/t10?,11-,12?/m1/s1. The summed E-state index contributed by atoms with van der Waals surface area (Å²) in [6.45, 7) is 7.20. The van der Waals surface area contributed by atoms with Gasteiger partial charge < -0.3 is 5.32 Å². The second kappa shape index (κ2) is 2.96. The van der Waals surface area contributed by atoms with Crippen molar-refractivity contribution in [3.8, 4) is 0 Å². The summed E-state index contributed by atoms with van der Waals surface area (Å²) in [7, 11) is 0. The van der Waals surface area contributed by atoms with Crippen LogP contribution in [0.2, 0.25) is 0 Å². The Labute approximate surface area is 87.0 Å². The van der Waals surface area contributed by atoms with Crippen molar-refractivity contribution in [1.82, 2.24) is 10.2 Å². The maximum atomic E-state index is 3.90. The van der Waals surface area contributed by atoms with Crippen molar-refractivity contribution >= 4 is 0 Å². The number of hydrogen-bond acceptors (Lipinski definition) is 2. The van der Waals surface area contributed by atoms with Gasteiger partial charge in [0.25, 0.3) is 0 Å². The van der Waals surface area contributed by atoms with Gasteiger partial charge in [0.15, 0.2) is 0 Å². The van der Waals surface area contributed by atoms with Crippen LogP contribution in [0, 0.1) is 5.92 Å². The lowest BCUT2D eigenvalue weighted by atomic mass is 9.49. The van der Waals surface area contributed by atoms with Gasteiger partial charge in [-0.25, -0.2) is 0 Å². The molecule has 0 aromatic rings. The van der Waals surface area contributed by atoms with Crippen LogP contribution >= 0.6 is 0 Å². The van der Waals surface area contributed by atoms with E-state index in [1.807, 2.05) is 0 Å². The molecule has 1 atom stereocenters. The maximum absolute atomic E-state index is 3.90. The molecular weight excluding hydrogens is 172 g/mol. The maximum Gasteiger partial charge on any atom is 0.0212 e. The Balaban J connectivity index is 1.50. The van der Waals surface area contributed by atoms with Crippen LogP contribution in [0.1, 0.15) is 39.5 Å². The molecule has 1 aliphatic heterocycles. The van der Waals surface area contributed by atoms with E-state index in [0.29, 0.717) is 5.54 Å². The zero-order valence-electron chi connectivity index (χ0n) is 9.42. The molecule has 0 radical (unpaired) electrons. The summed E-state index contributed by atoms with van der Waals surface area (Å²) in [5.41, 5.74) is 0.627. The Hall–Kier alpha value is -0.0800. The predicted molar refractivity (Wildman–Crippen MR) is 58.3 cm³/mol. The fourth-order valence-corrected chi connectivity index (χ4v) is 3.46. The van der Waals surface area contributed by atoms with Crippen LogP contribution in [0.3, 0.4) is 0 Å². The van der Waals surface area contributed by atoms with Crippen LogP contribution in [0.15, 0.2) is 0 Å². The van der Waals surface area contributed by atoms with E-state index in [1.165, 1.54) is 38.8 Å². The largest absolute Gasteiger partial charge is 0.307 e. The van der Waals surface area contributed by atoms with E-state index < -0.39 is 0 Å². The summed E-state index contributed by atoms with van der Waals surface area (Å²) in [5, 5.41) is 3.90. The van der Waals surface area contributed by atoms with Crippen molar-refractivity contribution in [2.75, 3.05) is 13.1 Å². The molecule has 1 saturated heterocycles. The minimum Gasteiger partial charge on any atom is -0.307 e. The van der Waals surface area contributed by atoms with Crippen LogP contribution in [-0.2, 0) is 0 Å². The molecule has 4 rings (SSSR count). The molecule has 3 saturated carbocycles. The average molecular weight is 194 g/mol. The molecule has 0 spiro atoms. The average Bonchev–Trinajstić information content (AvgIpc) is 2.42. The summed E-state index contributed by atoms with van der Waals surface area (Å²) in [6, 6.07) is 1.52. The van der Waals surface area contributed by atoms with Crippen LogP contribution in [-0.4, -0.2) is 35.6 Å². The first-order valence-corrected chi connectivity index (χ1v) is 6.19. The van der Waals surface area contributed by atoms with Crippen molar-refractivity contribution in [3.05, 3.63) is 0 Å². The molecule has 1 N–H and O–H groups in total. The third-order valence-corrected chi connectivity index (χ3v) is 4.50. The second-order valence-electron chi connectivity index (χ2n) is 5.98. The summed E-state index contributed by atoms with van der Waals surface area (Å²) >= 11 is 0. The molecule has 0 aromatic heterocycles. The molecule has 4 aliphatic rings. The first-order valence-electron chi connectivity index (χ1n) is 6.19. The minimum absolute atomic E-state index is 0.627. The number of hydrogen-bond donors (Lipinski definition) is 1. The van der Waals surface area contributed by atoms with E-state index in [4.69, 9.17) is 0 Å². The summed E-state index contributed by atoms with van der Waals surface area (Å²) < 4.78 is 0. The zero-order chi connectivity index (χ0) is 9.76. The van der Waals surface area contributed by atoms with Crippen molar-refractivity contribution < 1.29 is 0 Å². The second-order valence-corrected chi connectivity index (χ2v) is 5.98. The normalized spacial score (nSPS) is 46.5. The predicted octanol–water partition coefficient (Wildman–Crippen LogP) is 1.61. The van der Waals surface area contributed by atoms with E-state index in [0.717, 1.165) is 18.0 Å². The lowest BCUT2D eigenvalue weighted by Gasteiger charge is -2.63. The highest BCUT2D eigenvalue weighted by Crippen LogP contribution is 2.57. The van der Waals surface area contributed by atoms with E-state index in [2.05, 4.69) is 24.1 Å². The third kappa shape index (κ3) is 1.31. The van der Waals surface area contributed by atoms with Crippen LogP contribution in [0.5, 0.6) is 0 Å². The third-order valence-electron chi connectivity index (χ3n) is 4.50. The molecule has 4 fully saturated rings. The summed E-state index contributed by atoms with van der Waals surface area (Å²) in [4.78, 5) is 2.60. The quantitative estimate of drug-likeness (QED) is 0.734. The van der Waals surface area contributed by atoms with Gasteiger partial charge in [0.05, 0.1) is 0 Å². The lowest BCUT2D eigenvalue weighted by molar-refractivity contribution is -0.0581. The van der Waals surface area contributed by atoms with Crippen LogP contribution in [0.4, 0.5) is 0 Å². The Kier molecular flexibility index (Phi) is 1.94. The highest BCUT2D eigenvalue weighted by molar-refractivity contribution is 5.15. The van der Waals surface area contributed by atoms with Crippen LogP contribution < -0.4 is 5.32 Å². The Morgan fingerprint density at radius 2 is 2.00 bits per heavy atom. The van der Waals surface area contributed by atoms with Crippen molar-refractivity contribution in [3.63, 3.8) is 0 Å². The highest BCUT2D eigenvalue weighted by Gasteiger charge is 2.57. The topological polar surface area (TPSA) is 15.3 Å². The number of likely N-dealkylation sites (tertiary alicyclic amines) is 1. The number of nitrogens with zero attached hydrogens (tertiary/aromatic N) is 1. The monoisotopic (exact) mass is 194 g/mol. The molecule has 2 nitrogen and oxygen atoms in total. The molecule has 1 heterocycles. The van der Waals surface area contributed by atoms with Gasteiger partial charge in [-0.3, -0.25) is 4.90 Å². The Morgan fingerprint density at radius 1 is 1.29 bits per heavy atom. The summed E-state index contributed by atoms with van der Waals surface area (Å²) in [6.07, 6.45) is 5.80. The molecule has 0 amide bonds. The van der Waals surface area contributed by atoms with Gasteiger partial charge >= 0.3 is 0 Å². The van der Waals surface area contributed by atoms with E-state index in [9.17, 15) is 0 Å². The van der Waals surface area contributed by atoms with Gasteiger partial charge in [-0.2, -0.15) is 0 Å². The molecule has 2 heteroatoms. The van der Waals surface area contributed by atoms with Gasteiger partial charge in [-0.05, 0) is 52.0 Å². The first kappa shape index (κ1) is 9.17. The number of nitrogens with one attached hydrogen (secondary N) is 1. The fraction of sp³-hybridized carbons (Fsp3) is 1.00. The Morgan fingerprint density at radius 3 is 2.43 bits per heavy atom. The van der Waals surface area contributed by atoms with Gasteiger partial charge in [0.2, 0.25) is 0 Å². The Bertz CT molecular complexity index is 219. The fourth-order valence-electron chi connectivity index (χ4n) is 3.46. The van der Waals surface area contributed by atoms with Gasteiger partial charge in [0.1, 0.15) is 0 Å². The van der Waals surface area contributed by atoms with Crippen molar-refractivity contribution in [2.45, 2.75) is 57.2 Å². The number of rotatable bonds is 3. The minimum atomic E-state index is 0.627. The smallest absolute Gasteiger partial charge is 0.0212 e. The van der Waals surface area contributed by atoms with Crippen LogP contribution in [0.25, 0.3) is 0 Å². The molecule has 14 heavy (non-hydrogen) atoms. The lowest BCUT2D eigenvalue weighted by Crippen LogP contribution is -2.69. The molecule has 0 aromatic carbocycles. The van der Waals surface area contributed by atoms with Crippen molar-refractivity contribution in [1.29, 1.82) is 0 Å². The first-order chi connectivity index (χ1) is 6.67. The van der Waals surface area contributed by atoms with Gasteiger partial charge in [-0.1, -0.05) is 0 Å². The van der Waals surface area contributed by atoms with Crippen molar-refractivity contribution in [2.24, 2.45) is 5.92 Å². The highest BCUT2D eigenvalue weighted by atomic mass is 15.2. The van der Waals surface area contributed by atoms with E-state index >= 15 is 0 Å². The molecule has 3 aliphatic carbocycles. The summed E-state index contributed by atoms with van der Waals surface area (Å²) in [5.74, 6) is 1.10.